The van der Waals surface area contributed by atoms with Gasteiger partial charge in [-0.1, -0.05) is 70.5 Å². The lowest BCUT2D eigenvalue weighted by atomic mass is 10.0. The molecular weight excluding hydrogens is 276 g/mol. The van der Waals surface area contributed by atoms with Crippen molar-refractivity contribution in [3.05, 3.63) is 60.2 Å². The monoisotopic (exact) mass is 290 g/mol. The standard InChI is InChI=1S/C15H15BrO/c1-2-17-15(16)14-10-8-13(9-11-14)12-6-4-3-5-7-12/h3-11,15H,2H2,1H3. The van der Waals surface area contributed by atoms with Crippen molar-refractivity contribution in [1.82, 2.24) is 0 Å². The number of alkyl halides is 1. The molecule has 2 aromatic rings. The minimum Gasteiger partial charge on any atom is -0.362 e. The summed E-state index contributed by atoms with van der Waals surface area (Å²) in [5, 5.41) is -0.0164. The Morgan fingerprint density at radius 2 is 1.53 bits per heavy atom. The van der Waals surface area contributed by atoms with Crippen molar-refractivity contribution in [2.45, 2.75) is 11.9 Å². The Labute approximate surface area is 111 Å². The highest BCUT2D eigenvalue weighted by atomic mass is 79.9. The van der Waals surface area contributed by atoms with Gasteiger partial charge in [0.25, 0.3) is 0 Å². The van der Waals surface area contributed by atoms with Crippen LogP contribution in [0.1, 0.15) is 17.5 Å². The quantitative estimate of drug-likeness (QED) is 0.736. The van der Waals surface area contributed by atoms with E-state index in [4.69, 9.17) is 4.74 Å². The molecule has 0 spiro atoms. The molecule has 0 aliphatic heterocycles. The Kier molecular flexibility index (Phi) is 4.35. The van der Waals surface area contributed by atoms with Crippen LogP contribution in [0.2, 0.25) is 0 Å². The number of rotatable bonds is 4. The first-order valence-corrected chi connectivity index (χ1v) is 6.64. The van der Waals surface area contributed by atoms with Gasteiger partial charge >= 0.3 is 0 Å². The van der Waals surface area contributed by atoms with Gasteiger partial charge in [0, 0.05) is 6.61 Å². The second kappa shape index (κ2) is 5.99. The van der Waals surface area contributed by atoms with Gasteiger partial charge in [-0.3, -0.25) is 0 Å². The van der Waals surface area contributed by atoms with E-state index < -0.39 is 0 Å². The van der Waals surface area contributed by atoms with Crippen molar-refractivity contribution in [1.29, 1.82) is 0 Å². The summed E-state index contributed by atoms with van der Waals surface area (Å²) in [5.74, 6) is 0. The van der Waals surface area contributed by atoms with Gasteiger partial charge in [-0.25, -0.2) is 0 Å². The first-order chi connectivity index (χ1) is 8.31. The van der Waals surface area contributed by atoms with Crippen LogP contribution in [0.25, 0.3) is 11.1 Å². The molecule has 1 nitrogen and oxygen atoms in total. The Balaban J connectivity index is 2.19. The zero-order valence-corrected chi connectivity index (χ0v) is 11.4. The Morgan fingerprint density at radius 1 is 0.941 bits per heavy atom. The van der Waals surface area contributed by atoms with E-state index in [9.17, 15) is 0 Å². The van der Waals surface area contributed by atoms with Crippen molar-refractivity contribution in [3.8, 4) is 11.1 Å². The van der Waals surface area contributed by atoms with Gasteiger partial charge in [-0.05, 0) is 23.6 Å². The van der Waals surface area contributed by atoms with E-state index in [0.29, 0.717) is 6.61 Å². The van der Waals surface area contributed by atoms with Gasteiger partial charge in [0.15, 0.2) is 0 Å². The summed E-state index contributed by atoms with van der Waals surface area (Å²) in [4.78, 5) is 0. The van der Waals surface area contributed by atoms with Gasteiger partial charge in [0.05, 0.1) is 0 Å². The summed E-state index contributed by atoms with van der Waals surface area (Å²) >= 11 is 3.50. The van der Waals surface area contributed by atoms with E-state index >= 15 is 0 Å². The smallest absolute Gasteiger partial charge is 0.137 e. The highest BCUT2D eigenvalue weighted by Crippen LogP contribution is 2.26. The fraction of sp³-hybridized carbons (Fsp3) is 0.200. The van der Waals surface area contributed by atoms with Gasteiger partial charge < -0.3 is 4.74 Å². The second-order valence-electron chi connectivity index (χ2n) is 3.76. The van der Waals surface area contributed by atoms with Crippen LogP contribution in [0.3, 0.4) is 0 Å². The minimum absolute atomic E-state index is 0.0164. The third-order valence-corrected chi connectivity index (χ3v) is 3.39. The molecular formula is C15H15BrO. The Morgan fingerprint density at radius 3 is 2.12 bits per heavy atom. The summed E-state index contributed by atoms with van der Waals surface area (Å²) in [6.07, 6.45) is 0. The molecule has 0 bridgehead atoms. The lowest BCUT2D eigenvalue weighted by Crippen LogP contribution is -1.95. The van der Waals surface area contributed by atoms with Gasteiger partial charge in [-0.15, -0.1) is 0 Å². The van der Waals surface area contributed by atoms with Gasteiger partial charge in [-0.2, -0.15) is 0 Å². The molecule has 0 aromatic heterocycles. The van der Waals surface area contributed by atoms with E-state index in [2.05, 4.69) is 64.5 Å². The van der Waals surface area contributed by atoms with Crippen LogP contribution >= 0.6 is 15.9 Å². The van der Waals surface area contributed by atoms with E-state index in [-0.39, 0.29) is 5.01 Å². The van der Waals surface area contributed by atoms with Gasteiger partial charge in [0.2, 0.25) is 0 Å². The zero-order valence-electron chi connectivity index (χ0n) is 9.77. The average Bonchev–Trinajstić information content (AvgIpc) is 2.40. The fourth-order valence-corrected chi connectivity index (χ4v) is 2.27. The fourth-order valence-electron chi connectivity index (χ4n) is 1.70. The maximum atomic E-state index is 5.49. The minimum atomic E-state index is -0.0164. The van der Waals surface area contributed by atoms with Crippen molar-refractivity contribution in [2.75, 3.05) is 6.61 Å². The van der Waals surface area contributed by atoms with Crippen LogP contribution < -0.4 is 0 Å². The van der Waals surface area contributed by atoms with Crippen LogP contribution in [0.15, 0.2) is 54.6 Å². The number of halogens is 1. The molecule has 0 saturated carbocycles. The molecule has 1 unspecified atom stereocenters. The largest absolute Gasteiger partial charge is 0.362 e. The molecule has 0 saturated heterocycles. The predicted octanol–water partition coefficient (Wildman–Crippen LogP) is 4.78. The van der Waals surface area contributed by atoms with E-state index in [1.807, 2.05) is 13.0 Å². The summed E-state index contributed by atoms with van der Waals surface area (Å²) in [5.41, 5.74) is 3.61. The number of hydrogen-bond donors (Lipinski definition) is 0. The molecule has 0 aliphatic carbocycles. The molecule has 0 aliphatic rings. The molecule has 2 rings (SSSR count). The first-order valence-electron chi connectivity index (χ1n) is 5.72. The lowest BCUT2D eigenvalue weighted by Gasteiger charge is -2.10. The molecule has 0 heterocycles. The molecule has 0 fully saturated rings. The molecule has 1 atom stereocenters. The van der Waals surface area contributed by atoms with Crippen LogP contribution in [-0.4, -0.2) is 6.61 Å². The summed E-state index contributed by atoms with van der Waals surface area (Å²) in [6, 6.07) is 18.8. The van der Waals surface area contributed by atoms with E-state index in [1.165, 1.54) is 11.1 Å². The Hall–Kier alpha value is -1.12. The van der Waals surface area contributed by atoms with Crippen LogP contribution in [0.4, 0.5) is 0 Å². The third kappa shape index (κ3) is 3.18. The predicted molar refractivity (Wildman–Crippen MR) is 75.2 cm³/mol. The van der Waals surface area contributed by atoms with Crippen molar-refractivity contribution >= 4 is 15.9 Å². The number of benzene rings is 2. The second-order valence-corrected chi connectivity index (χ2v) is 4.59. The maximum Gasteiger partial charge on any atom is 0.137 e. The van der Waals surface area contributed by atoms with Crippen LogP contribution in [0, 0.1) is 0 Å². The highest BCUT2D eigenvalue weighted by molar-refractivity contribution is 9.09. The molecule has 0 radical (unpaired) electrons. The maximum absolute atomic E-state index is 5.49. The molecule has 0 N–H and O–H groups in total. The zero-order chi connectivity index (χ0) is 12.1. The summed E-state index contributed by atoms with van der Waals surface area (Å²) in [7, 11) is 0. The average molecular weight is 291 g/mol. The van der Waals surface area contributed by atoms with E-state index in [0.717, 1.165) is 5.56 Å². The highest BCUT2D eigenvalue weighted by Gasteiger charge is 2.06. The normalized spacial score (nSPS) is 12.4. The summed E-state index contributed by atoms with van der Waals surface area (Å²) < 4.78 is 5.49. The SMILES string of the molecule is CCOC(Br)c1ccc(-c2ccccc2)cc1. The van der Waals surface area contributed by atoms with Gasteiger partial charge in [0.1, 0.15) is 5.01 Å². The van der Waals surface area contributed by atoms with E-state index in [1.54, 1.807) is 0 Å². The molecule has 0 amide bonds. The first kappa shape index (κ1) is 12.3. The van der Waals surface area contributed by atoms with Crippen LogP contribution in [0.5, 0.6) is 0 Å². The topological polar surface area (TPSA) is 9.23 Å². The van der Waals surface area contributed by atoms with Crippen molar-refractivity contribution in [2.24, 2.45) is 0 Å². The number of hydrogen-bond acceptors (Lipinski definition) is 1. The lowest BCUT2D eigenvalue weighted by molar-refractivity contribution is 0.131. The molecule has 88 valence electrons. The molecule has 2 heteroatoms. The summed E-state index contributed by atoms with van der Waals surface area (Å²) in [6.45, 7) is 2.70. The Bertz CT molecular complexity index is 450. The van der Waals surface area contributed by atoms with Crippen molar-refractivity contribution < 1.29 is 4.74 Å². The molecule has 17 heavy (non-hydrogen) atoms. The number of ether oxygens (including phenoxy) is 1. The third-order valence-electron chi connectivity index (χ3n) is 2.59. The van der Waals surface area contributed by atoms with Crippen LogP contribution in [-0.2, 0) is 4.74 Å². The molecule has 2 aromatic carbocycles. The van der Waals surface area contributed by atoms with Crippen molar-refractivity contribution in [3.63, 3.8) is 0 Å².